The van der Waals surface area contributed by atoms with Crippen LogP contribution in [0.1, 0.15) is 25.8 Å². The average Bonchev–Trinajstić information content (AvgIpc) is 2.31. The van der Waals surface area contributed by atoms with Crippen molar-refractivity contribution in [1.29, 1.82) is 0 Å². The quantitative estimate of drug-likeness (QED) is 0.734. The smallest absolute Gasteiger partial charge is 0.154 e. The molecule has 1 saturated heterocycles. The van der Waals surface area contributed by atoms with Gasteiger partial charge in [-0.25, -0.2) is 0 Å². The molecule has 0 aliphatic carbocycles. The third-order valence-electron chi connectivity index (χ3n) is 2.44. The predicted octanol–water partition coefficient (Wildman–Crippen LogP) is 2.06. The topological polar surface area (TPSA) is 37.4 Å². The van der Waals surface area contributed by atoms with E-state index in [0.717, 1.165) is 5.56 Å². The van der Waals surface area contributed by atoms with E-state index in [9.17, 15) is 9.59 Å². The van der Waals surface area contributed by atoms with Crippen molar-refractivity contribution < 1.29 is 9.59 Å². The highest BCUT2D eigenvalue weighted by Gasteiger charge is 2.22. The van der Waals surface area contributed by atoms with Gasteiger partial charge in [0.05, 0.1) is 19.5 Å². The summed E-state index contributed by atoms with van der Waals surface area (Å²) in [6.45, 7) is 5.49. The maximum absolute atomic E-state index is 11.2. The van der Waals surface area contributed by atoms with Crippen molar-refractivity contribution in [2.75, 3.05) is 13.1 Å². The molecule has 1 aromatic carbocycles. The Hall–Kier alpha value is -1.48. The Morgan fingerprint density at radius 3 is 2.06 bits per heavy atom. The lowest BCUT2D eigenvalue weighted by molar-refractivity contribution is -0.132. The van der Waals surface area contributed by atoms with Gasteiger partial charge in [-0.1, -0.05) is 44.2 Å². The van der Waals surface area contributed by atoms with Gasteiger partial charge in [0.15, 0.2) is 11.6 Å². The van der Waals surface area contributed by atoms with E-state index in [-0.39, 0.29) is 18.0 Å². The number of hydrogen-bond donors (Lipinski definition) is 0. The van der Waals surface area contributed by atoms with Crippen LogP contribution in [0, 0.1) is 0 Å². The lowest BCUT2D eigenvalue weighted by atomic mass is 10.1. The number of rotatable bonds is 2. The number of ketones is 2. The number of likely N-dealkylation sites (tertiary alicyclic amines) is 1. The zero-order chi connectivity index (χ0) is 12.7. The largest absolute Gasteiger partial charge is 0.298 e. The standard InChI is InChI=1S/C12H13NO2.C2H6/c14-11-6-12(15)9-13(8-11)7-10-4-2-1-3-5-10;1-2/h1-5H,6-9H2;1-2H3. The summed E-state index contributed by atoms with van der Waals surface area (Å²) in [6, 6.07) is 9.88. The molecular formula is C14H19NO2. The third kappa shape index (κ3) is 4.49. The maximum Gasteiger partial charge on any atom is 0.154 e. The van der Waals surface area contributed by atoms with Gasteiger partial charge in [0.25, 0.3) is 0 Å². The summed E-state index contributed by atoms with van der Waals surface area (Å²) in [4.78, 5) is 24.3. The first-order chi connectivity index (χ1) is 8.24. The number of nitrogens with zero attached hydrogens (tertiary/aromatic N) is 1. The first-order valence-corrected chi connectivity index (χ1v) is 6.04. The first kappa shape index (κ1) is 13.6. The van der Waals surface area contributed by atoms with Crippen molar-refractivity contribution in [2.45, 2.75) is 26.8 Å². The second-order valence-electron chi connectivity index (χ2n) is 3.88. The average molecular weight is 233 g/mol. The van der Waals surface area contributed by atoms with Crippen LogP contribution in [0.5, 0.6) is 0 Å². The van der Waals surface area contributed by atoms with E-state index in [0.29, 0.717) is 19.6 Å². The fourth-order valence-corrected chi connectivity index (χ4v) is 1.84. The highest BCUT2D eigenvalue weighted by Crippen LogP contribution is 2.08. The van der Waals surface area contributed by atoms with Gasteiger partial charge in [-0.2, -0.15) is 0 Å². The van der Waals surface area contributed by atoms with Gasteiger partial charge in [0.1, 0.15) is 0 Å². The molecule has 0 saturated carbocycles. The Balaban J connectivity index is 0.000000686. The van der Waals surface area contributed by atoms with Crippen molar-refractivity contribution in [2.24, 2.45) is 0 Å². The Kier molecular flexibility index (Phi) is 5.57. The Morgan fingerprint density at radius 2 is 1.53 bits per heavy atom. The van der Waals surface area contributed by atoms with Crippen LogP contribution in [0.3, 0.4) is 0 Å². The molecule has 1 fully saturated rings. The summed E-state index contributed by atoms with van der Waals surface area (Å²) >= 11 is 0. The van der Waals surface area contributed by atoms with Gasteiger partial charge >= 0.3 is 0 Å². The minimum absolute atomic E-state index is 0.0298. The molecule has 1 aromatic rings. The fraction of sp³-hybridized carbons (Fsp3) is 0.429. The van der Waals surface area contributed by atoms with Crippen LogP contribution in [0.2, 0.25) is 0 Å². The molecule has 2 rings (SSSR count). The van der Waals surface area contributed by atoms with Gasteiger partial charge in [-0.05, 0) is 5.56 Å². The molecule has 1 heterocycles. The first-order valence-electron chi connectivity index (χ1n) is 6.04. The van der Waals surface area contributed by atoms with E-state index in [4.69, 9.17) is 0 Å². The Labute approximate surface area is 102 Å². The van der Waals surface area contributed by atoms with Crippen molar-refractivity contribution in [3.63, 3.8) is 0 Å². The SMILES string of the molecule is CC.O=C1CC(=O)CN(Cc2ccccc2)C1. The molecule has 3 nitrogen and oxygen atoms in total. The maximum atomic E-state index is 11.2. The highest BCUT2D eigenvalue weighted by molar-refractivity contribution is 6.02. The normalized spacial score (nSPS) is 16.4. The minimum atomic E-state index is 0.0298. The van der Waals surface area contributed by atoms with Gasteiger partial charge in [0.2, 0.25) is 0 Å². The molecule has 0 amide bonds. The van der Waals surface area contributed by atoms with Gasteiger partial charge in [-0.15, -0.1) is 0 Å². The number of Topliss-reactive ketones (excluding diaryl/α,β-unsaturated/α-hetero) is 2. The van der Waals surface area contributed by atoms with Crippen LogP contribution >= 0.6 is 0 Å². The van der Waals surface area contributed by atoms with E-state index in [1.165, 1.54) is 0 Å². The summed E-state index contributed by atoms with van der Waals surface area (Å²) < 4.78 is 0. The molecule has 1 aliphatic heterocycles. The Morgan fingerprint density at radius 1 is 1.00 bits per heavy atom. The summed E-state index contributed by atoms with van der Waals surface area (Å²) in [6.07, 6.45) is 0.116. The van der Waals surface area contributed by atoms with Crippen molar-refractivity contribution >= 4 is 11.6 Å². The van der Waals surface area contributed by atoms with E-state index < -0.39 is 0 Å². The lowest BCUT2D eigenvalue weighted by Gasteiger charge is -2.24. The van der Waals surface area contributed by atoms with Crippen LogP contribution in [-0.4, -0.2) is 29.6 Å². The summed E-state index contributed by atoms with van der Waals surface area (Å²) in [5, 5.41) is 0. The number of benzene rings is 1. The second kappa shape index (κ2) is 6.97. The molecule has 0 bridgehead atoms. The number of carbonyl (C=O) groups excluding carboxylic acids is 2. The molecule has 1 aliphatic rings. The van der Waals surface area contributed by atoms with Crippen molar-refractivity contribution in [3.05, 3.63) is 35.9 Å². The molecule has 0 aromatic heterocycles. The monoisotopic (exact) mass is 233 g/mol. The van der Waals surface area contributed by atoms with Crippen LogP contribution in [0.15, 0.2) is 30.3 Å². The zero-order valence-corrected chi connectivity index (χ0v) is 10.5. The lowest BCUT2D eigenvalue weighted by Crippen LogP contribution is -2.40. The summed E-state index contributed by atoms with van der Waals surface area (Å²) in [5.41, 5.74) is 1.14. The molecule has 92 valence electrons. The molecule has 17 heavy (non-hydrogen) atoms. The molecule has 0 radical (unpaired) electrons. The van der Waals surface area contributed by atoms with Crippen LogP contribution in [0.4, 0.5) is 0 Å². The van der Waals surface area contributed by atoms with Crippen LogP contribution in [-0.2, 0) is 16.1 Å². The van der Waals surface area contributed by atoms with E-state index in [1.54, 1.807) is 0 Å². The third-order valence-corrected chi connectivity index (χ3v) is 2.44. The van der Waals surface area contributed by atoms with E-state index >= 15 is 0 Å². The minimum Gasteiger partial charge on any atom is -0.298 e. The predicted molar refractivity (Wildman–Crippen MR) is 67.7 cm³/mol. The van der Waals surface area contributed by atoms with Crippen molar-refractivity contribution in [1.82, 2.24) is 4.90 Å². The van der Waals surface area contributed by atoms with Gasteiger partial charge in [-0.3, -0.25) is 14.5 Å². The van der Waals surface area contributed by atoms with E-state index in [2.05, 4.69) is 0 Å². The second-order valence-corrected chi connectivity index (χ2v) is 3.88. The summed E-state index contributed by atoms with van der Waals surface area (Å²) in [5.74, 6) is 0.0596. The Bertz CT molecular complexity index is 357. The molecule has 0 spiro atoms. The summed E-state index contributed by atoms with van der Waals surface area (Å²) in [7, 11) is 0. The van der Waals surface area contributed by atoms with Gasteiger partial charge < -0.3 is 0 Å². The van der Waals surface area contributed by atoms with Crippen LogP contribution in [0.25, 0.3) is 0 Å². The molecule has 0 N–H and O–H groups in total. The molecule has 3 heteroatoms. The van der Waals surface area contributed by atoms with Crippen molar-refractivity contribution in [3.8, 4) is 0 Å². The van der Waals surface area contributed by atoms with Gasteiger partial charge in [0, 0.05) is 6.54 Å². The molecular weight excluding hydrogens is 214 g/mol. The number of piperidine rings is 1. The number of carbonyl (C=O) groups is 2. The number of hydrogen-bond acceptors (Lipinski definition) is 3. The van der Waals surface area contributed by atoms with E-state index in [1.807, 2.05) is 49.1 Å². The highest BCUT2D eigenvalue weighted by atomic mass is 16.2. The zero-order valence-electron chi connectivity index (χ0n) is 10.5. The molecule has 0 unspecified atom stereocenters. The molecule has 0 atom stereocenters. The fourth-order valence-electron chi connectivity index (χ4n) is 1.84. The van der Waals surface area contributed by atoms with Crippen LogP contribution < -0.4 is 0 Å².